The summed E-state index contributed by atoms with van der Waals surface area (Å²) in [7, 11) is 2.10. The fourth-order valence-electron chi connectivity index (χ4n) is 2.73. The van der Waals surface area contributed by atoms with Gasteiger partial charge in [-0.3, -0.25) is 0 Å². The molecule has 3 atom stereocenters. The van der Waals surface area contributed by atoms with Crippen LogP contribution in [0.25, 0.3) is 0 Å². The molecule has 15 heavy (non-hydrogen) atoms. The molecule has 0 spiro atoms. The highest BCUT2D eigenvalue weighted by Gasteiger charge is 2.30. The van der Waals surface area contributed by atoms with E-state index < -0.39 is 0 Å². The normalized spacial score (nSPS) is 33.2. The van der Waals surface area contributed by atoms with Gasteiger partial charge in [-0.2, -0.15) is 0 Å². The topological polar surface area (TPSA) is 15.3 Å². The lowest BCUT2D eigenvalue weighted by Gasteiger charge is -2.42. The molecule has 0 aliphatic carbocycles. The molecule has 1 heterocycles. The van der Waals surface area contributed by atoms with Gasteiger partial charge >= 0.3 is 0 Å². The van der Waals surface area contributed by atoms with Gasteiger partial charge < -0.3 is 10.2 Å². The third-order valence-corrected chi connectivity index (χ3v) is 4.12. The van der Waals surface area contributed by atoms with Gasteiger partial charge in [0.2, 0.25) is 0 Å². The molecule has 1 fully saturated rings. The quantitative estimate of drug-likeness (QED) is 0.704. The van der Waals surface area contributed by atoms with E-state index in [1.807, 2.05) is 0 Å². The highest BCUT2D eigenvalue weighted by atomic mass is 15.2. The first kappa shape index (κ1) is 13.0. The molecule has 1 saturated heterocycles. The number of nitrogens with one attached hydrogen (secondary N) is 1. The van der Waals surface area contributed by atoms with Gasteiger partial charge in [-0.05, 0) is 45.8 Å². The van der Waals surface area contributed by atoms with E-state index in [4.69, 9.17) is 0 Å². The van der Waals surface area contributed by atoms with Crippen molar-refractivity contribution < 1.29 is 0 Å². The minimum atomic E-state index is 0.724. The van der Waals surface area contributed by atoms with Crippen LogP contribution in [-0.4, -0.2) is 37.1 Å². The predicted octanol–water partition coefficient (Wildman–Crippen LogP) is 2.49. The fourth-order valence-corrected chi connectivity index (χ4v) is 2.73. The number of likely N-dealkylation sites (tertiary alicyclic amines) is 1. The highest BCUT2D eigenvalue weighted by Crippen LogP contribution is 2.23. The van der Waals surface area contributed by atoms with Gasteiger partial charge in [0.05, 0.1) is 0 Å². The summed E-state index contributed by atoms with van der Waals surface area (Å²) in [6.45, 7) is 9.63. The van der Waals surface area contributed by atoms with Crippen LogP contribution in [0.15, 0.2) is 0 Å². The third kappa shape index (κ3) is 3.46. The van der Waals surface area contributed by atoms with E-state index in [0.29, 0.717) is 0 Å². The number of piperidine rings is 1. The van der Waals surface area contributed by atoms with Crippen LogP contribution in [0.4, 0.5) is 0 Å². The first-order valence-electron chi connectivity index (χ1n) is 6.62. The van der Waals surface area contributed by atoms with Crippen molar-refractivity contribution in [3.05, 3.63) is 0 Å². The number of hydrogen-bond donors (Lipinski definition) is 1. The molecular formula is C13H28N2. The summed E-state index contributed by atoms with van der Waals surface area (Å²) in [5.74, 6) is 0.783. The van der Waals surface area contributed by atoms with Crippen LogP contribution in [0.1, 0.15) is 46.5 Å². The maximum absolute atomic E-state index is 3.45. The van der Waals surface area contributed by atoms with Gasteiger partial charge in [-0.1, -0.05) is 26.7 Å². The Bertz CT molecular complexity index is 168. The van der Waals surface area contributed by atoms with Crippen molar-refractivity contribution in [3.8, 4) is 0 Å². The summed E-state index contributed by atoms with van der Waals surface area (Å²) in [5.41, 5.74) is 0. The van der Waals surface area contributed by atoms with Gasteiger partial charge in [0.1, 0.15) is 0 Å². The van der Waals surface area contributed by atoms with E-state index in [-0.39, 0.29) is 0 Å². The molecule has 1 aliphatic rings. The third-order valence-electron chi connectivity index (χ3n) is 4.12. The molecule has 0 aromatic carbocycles. The van der Waals surface area contributed by atoms with Crippen molar-refractivity contribution in [2.75, 3.05) is 20.1 Å². The Hall–Kier alpha value is -0.0800. The molecule has 1 N–H and O–H groups in total. The second-order valence-corrected chi connectivity index (χ2v) is 5.03. The van der Waals surface area contributed by atoms with Crippen molar-refractivity contribution in [1.82, 2.24) is 10.2 Å². The molecule has 0 radical (unpaired) electrons. The zero-order valence-electron chi connectivity index (χ0n) is 10.9. The SMILES string of the molecule is CCCCCN1CCC(NC)C(C)C1C. The van der Waals surface area contributed by atoms with Crippen molar-refractivity contribution in [3.63, 3.8) is 0 Å². The van der Waals surface area contributed by atoms with E-state index in [1.54, 1.807) is 0 Å². The maximum Gasteiger partial charge on any atom is 0.0117 e. The Balaban J connectivity index is 2.35. The Kier molecular flexibility index (Phi) is 5.62. The van der Waals surface area contributed by atoms with Crippen LogP contribution in [-0.2, 0) is 0 Å². The number of unbranched alkanes of at least 4 members (excludes halogenated alkanes) is 2. The Morgan fingerprint density at radius 1 is 1.27 bits per heavy atom. The zero-order valence-corrected chi connectivity index (χ0v) is 10.9. The predicted molar refractivity (Wildman–Crippen MR) is 67.2 cm³/mol. The lowest BCUT2D eigenvalue weighted by atomic mass is 9.87. The van der Waals surface area contributed by atoms with Gasteiger partial charge in [0.25, 0.3) is 0 Å². The van der Waals surface area contributed by atoms with Crippen LogP contribution in [0.2, 0.25) is 0 Å². The van der Waals surface area contributed by atoms with E-state index in [0.717, 1.165) is 18.0 Å². The highest BCUT2D eigenvalue weighted by molar-refractivity contribution is 4.87. The summed E-state index contributed by atoms with van der Waals surface area (Å²) in [6, 6.07) is 1.47. The van der Waals surface area contributed by atoms with Crippen molar-refractivity contribution in [2.24, 2.45) is 5.92 Å². The molecule has 0 saturated carbocycles. The van der Waals surface area contributed by atoms with Crippen molar-refractivity contribution >= 4 is 0 Å². The lowest BCUT2D eigenvalue weighted by molar-refractivity contribution is 0.0861. The van der Waals surface area contributed by atoms with Crippen LogP contribution in [0, 0.1) is 5.92 Å². The lowest BCUT2D eigenvalue weighted by Crippen LogP contribution is -2.52. The monoisotopic (exact) mass is 212 g/mol. The zero-order chi connectivity index (χ0) is 11.3. The summed E-state index contributed by atoms with van der Waals surface area (Å²) < 4.78 is 0. The number of nitrogens with zero attached hydrogens (tertiary/aromatic N) is 1. The standard InChI is InChI=1S/C13H28N2/c1-5-6-7-9-15-10-8-13(14-4)11(2)12(15)3/h11-14H,5-10H2,1-4H3. The molecular weight excluding hydrogens is 184 g/mol. The van der Waals surface area contributed by atoms with Crippen molar-refractivity contribution in [2.45, 2.75) is 58.5 Å². The average molecular weight is 212 g/mol. The van der Waals surface area contributed by atoms with Gasteiger partial charge in [-0.15, -0.1) is 0 Å². The van der Waals surface area contributed by atoms with Crippen molar-refractivity contribution in [1.29, 1.82) is 0 Å². The second-order valence-electron chi connectivity index (χ2n) is 5.03. The smallest absolute Gasteiger partial charge is 0.0117 e. The fraction of sp³-hybridized carbons (Fsp3) is 1.00. The van der Waals surface area contributed by atoms with E-state index in [2.05, 4.69) is 38.0 Å². The molecule has 0 bridgehead atoms. The minimum Gasteiger partial charge on any atom is -0.317 e. The number of hydrogen-bond acceptors (Lipinski definition) is 2. The largest absolute Gasteiger partial charge is 0.317 e. The van der Waals surface area contributed by atoms with Crippen LogP contribution in [0.3, 0.4) is 0 Å². The van der Waals surface area contributed by atoms with E-state index in [1.165, 1.54) is 38.8 Å². The summed E-state index contributed by atoms with van der Waals surface area (Å²) in [5, 5.41) is 3.45. The first-order chi connectivity index (χ1) is 7.20. The molecule has 3 unspecified atom stereocenters. The summed E-state index contributed by atoms with van der Waals surface area (Å²) >= 11 is 0. The van der Waals surface area contributed by atoms with Crippen LogP contribution in [0.5, 0.6) is 0 Å². The molecule has 1 rings (SSSR count). The first-order valence-corrected chi connectivity index (χ1v) is 6.62. The van der Waals surface area contributed by atoms with Gasteiger partial charge in [0, 0.05) is 12.1 Å². The molecule has 0 aromatic heterocycles. The number of rotatable bonds is 5. The molecule has 0 amide bonds. The molecule has 2 nitrogen and oxygen atoms in total. The van der Waals surface area contributed by atoms with Gasteiger partial charge in [0.15, 0.2) is 0 Å². The Labute approximate surface area is 95.4 Å². The molecule has 1 aliphatic heterocycles. The van der Waals surface area contributed by atoms with Gasteiger partial charge in [-0.25, -0.2) is 0 Å². The van der Waals surface area contributed by atoms with Crippen LogP contribution >= 0.6 is 0 Å². The molecule has 2 heteroatoms. The summed E-state index contributed by atoms with van der Waals surface area (Å²) in [4.78, 5) is 2.67. The maximum atomic E-state index is 3.45. The van der Waals surface area contributed by atoms with E-state index in [9.17, 15) is 0 Å². The van der Waals surface area contributed by atoms with Crippen LogP contribution < -0.4 is 5.32 Å². The molecule has 0 aromatic rings. The Morgan fingerprint density at radius 3 is 2.60 bits per heavy atom. The average Bonchev–Trinajstić information content (AvgIpc) is 2.25. The summed E-state index contributed by atoms with van der Waals surface area (Å²) in [6.07, 6.45) is 5.40. The minimum absolute atomic E-state index is 0.724. The Morgan fingerprint density at radius 2 is 2.00 bits per heavy atom. The molecule has 90 valence electrons. The van der Waals surface area contributed by atoms with E-state index >= 15 is 0 Å². The second kappa shape index (κ2) is 6.49.